The number of aliphatic hydroxyl groups excluding tert-OH is 2. The smallest absolute Gasteiger partial charge is 0.162 e. The van der Waals surface area contributed by atoms with E-state index < -0.39 is 24.0 Å². The molecule has 0 aromatic rings. The van der Waals surface area contributed by atoms with Crippen molar-refractivity contribution in [3.05, 3.63) is 11.6 Å². The minimum absolute atomic E-state index is 0.0386. The maximum atomic E-state index is 12.3. The molecule has 4 rings (SSSR count). The van der Waals surface area contributed by atoms with E-state index in [0.717, 1.165) is 37.5 Å². The minimum Gasteiger partial charge on any atom is -0.393 e. The first-order valence-electron chi connectivity index (χ1n) is 9.89. The maximum Gasteiger partial charge on any atom is 0.162 e. The minimum atomic E-state index is -0.831. The summed E-state index contributed by atoms with van der Waals surface area (Å²) in [4.78, 5) is 36.4. The second-order valence-electron chi connectivity index (χ2n) is 9.14. The van der Waals surface area contributed by atoms with Gasteiger partial charge in [-0.05, 0) is 67.8 Å². The van der Waals surface area contributed by atoms with Gasteiger partial charge in [0.2, 0.25) is 0 Å². The Balaban J connectivity index is 1.74. The monoisotopic (exact) mass is 360 g/mol. The topological polar surface area (TPSA) is 91.7 Å². The van der Waals surface area contributed by atoms with E-state index >= 15 is 0 Å². The van der Waals surface area contributed by atoms with Gasteiger partial charge in [0.1, 0.15) is 12.9 Å². The van der Waals surface area contributed by atoms with Gasteiger partial charge in [0.05, 0.1) is 6.10 Å². The molecule has 3 fully saturated rings. The van der Waals surface area contributed by atoms with Crippen molar-refractivity contribution < 1.29 is 24.6 Å². The average molecular weight is 360 g/mol. The number of allylic oxidation sites excluding steroid dienone is 1. The Hall–Kier alpha value is -1.33. The molecule has 26 heavy (non-hydrogen) atoms. The number of ketones is 2. The van der Waals surface area contributed by atoms with Gasteiger partial charge < -0.3 is 15.0 Å². The van der Waals surface area contributed by atoms with Crippen LogP contribution in [0.15, 0.2) is 11.6 Å². The molecule has 5 nitrogen and oxygen atoms in total. The van der Waals surface area contributed by atoms with Crippen molar-refractivity contribution in [2.75, 3.05) is 6.61 Å². The third kappa shape index (κ3) is 2.26. The second kappa shape index (κ2) is 6.10. The molecule has 0 aromatic carbocycles. The van der Waals surface area contributed by atoms with Crippen molar-refractivity contribution in [2.24, 2.45) is 34.5 Å². The van der Waals surface area contributed by atoms with Gasteiger partial charge >= 0.3 is 0 Å². The Morgan fingerprint density at radius 2 is 2.08 bits per heavy atom. The molecule has 142 valence electrons. The summed E-state index contributed by atoms with van der Waals surface area (Å²) in [6.07, 6.45) is 6.75. The largest absolute Gasteiger partial charge is 0.393 e. The Kier molecular flexibility index (Phi) is 4.23. The number of Topliss-reactive ketones (excluding diaryl/α,β-unsaturated/α-hetero) is 1. The number of hydrogen-bond acceptors (Lipinski definition) is 5. The molecular formula is C21H28O5. The highest BCUT2D eigenvalue weighted by Crippen LogP contribution is 2.66. The van der Waals surface area contributed by atoms with Crippen LogP contribution in [0.4, 0.5) is 0 Å². The zero-order chi connectivity index (χ0) is 18.7. The number of aldehydes is 1. The first-order valence-corrected chi connectivity index (χ1v) is 9.89. The van der Waals surface area contributed by atoms with Gasteiger partial charge in [-0.3, -0.25) is 9.59 Å². The van der Waals surface area contributed by atoms with Gasteiger partial charge in [-0.15, -0.1) is 0 Å². The number of carbonyl (C=O) groups excluding carboxylic acids is 3. The van der Waals surface area contributed by atoms with Gasteiger partial charge in [0, 0.05) is 17.8 Å². The average Bonchev–Trinajstić information content (AvgIpc) is 3.00. The Morgan fingerprint density at radius 3 is 2.77 bits per heavy atom. The van der Waals surface area contributed by atoms with Crippen LogP contribution in [0.1, 0.15) is 51.9 Å². The predicted octanol–water partition coefficient (Wildman–Crippen LogP) is 1.85. The van der Waals surface area contributed by atoms with Crippen LogP contribution in [0.3, 0.4) is 0 Å². The molecule has 4 aliphatic carbocycles. The molecule has 0 spiro atoms. The van der Waals surface area contributed by atoms with Gasteiger partial charge in [-0.1, -0.05) is 12.5 Å². The van der Waals surface area contributed by atoms with Crippen molar-refractivity contribution in [1.82, 2.24) is 0 Å². The fourth-order valence-electron chi connectivity index (χ4n) is 7.18. The SMILES string of the molecule is C[C@]12CCC(=O)C=C1CCC1C3CCC(C(=O)CO)[C@@]3(C=O)CC(O)C12. The summed E-state index contributed by atoms with van der Waals surface area (Å²) in [5.74, 6) is -0.241. The molecule has 0 saturated heterocycles. The van der Waals surface area contributed by atoms with Crippen LogP contribution in [0.25, 0.3) is 0 Å². The lowest BCUT2D eigenvalue weighted by molar-refractivity contribution is -0.157. The molecule has 3 saturated carbocycles. The lowest BCUT2D eigenvalue weighted by Crippen LogP contribution is -2.58. The van der Waals surface area contributed by atoms with Gasteiger partial charge in [0.25, 0.3) is 0 Å². The summed E-state index contributed by atoms with van der Waals surface area (Å²) in [5, 5.41) is 20.5. The van der Waals surface area contributed by atoms with Crippen molar-refractivity contribution in [3.63, 3.8) is 0 Å². The van der Waals surface area contributed by atoms with E-state index in [1.807, 2.05) is 0 Å². The standard InChI is InChI=1S/C21H28O5/c1-20-7-6-13(24)8-12(20)2-3-14-15-4-5-16(18(26)10-22)21(15,11-23)9-17(25)19(14)20/h8,11,14-17,19,22,25H,2-7,9-10H2,1H3/t14?,15?,16?,17?,19?,20-,21+/m0/s1. The number of rotatable bonds is 3. The molecule has 0 radical (unpaired) electrons. The quantitative estimate of drug-likeness (QED) is 0.750. The van der Waals surface area contributed by atoms with Crippen molar-refractivity contribution in [3.8, 4) is 0 Å². The van der Waals surface area contributed by atoms with E-state index in [-0.39, 0.29) is 34.7 Å². The molecule has 2 N–H and O–H groups in total. The van der Waals surface area contributed by atoms with E-state index in [4.69, 9.17) is 0 Å². The van der Waals surface area contributed by atoms with Crippen LogP contribution in [0.5, 0.6) is 0 Å². The molecule has 0 aromatic heterocycles. The molecule has 0 bridgehead atoms. The van der Waals surface area contributed by atoms with Gasteiger partial charge in [0.15, 0.2) is 11.6 Å². The predicted molar refractivity (Wildman–Crippen MR) is 94.1 cm³/mol. The van der Waals surface area contributed by atoms with Crippen LogP contribution in [0, 0.1) is 34.5 Å². The summed E-state index contributed by atoms with van der Waals surface area (Å²) in [6.45, 7) is 1.63. The zero-order valence-electron chi connectivity index (χ0n) is 15.3. The summed E-state index contributed by atoms with van der Waals surface area (Å²) in [6, 6.07) is 0. The van der Waals surface area contributed by atoms with Crippen molar-refractivity contribution in [1.29, 1.82) is 0 Å². The highest BCUT2D eigenvalue weighted by molar-refractivity contribution is 5.91. The van der Waals surface area contributed by atoms with E-state index in [2.05, 4.69) is 6.92 Å². The van der Waals surface area contributed by atoms with Gasteiger partial charge in [-0.25, -0.2) is 0 Å². The first-order chi connectivity index (χ1) is 12.4. The van der Waals surface area contributed by atoms with Crippen LogP contribution in [-0.2, 0) is 14.4 Å². The fraction of sp³-hybridized carbons (Fsp3) is 0.762. The third-order valence-corrected chi connectivity index (χ3v) is 8.27. The summed E-state index contributed by atoms with van der Waals surface area (Å²) in [7, 11) is 0. The van der Waals surface area contributed by atoms with Crippen LogP contribution >= 0.6 is 0 Å². The van der Waals surface area contributed by atoms with Crippen LogP contribution in [0.2, 0.25) is 0 Å². The Bertz CT molecular complexity index is 682. The number of aliphatic hydroxyl groups is 2. The van der Waals surface area contributed by atoms with E-state index in [9.17, 15) is 24.6 Å². The lowest BCUT2D eigenvalue weighted by atomic mass is 9.45. The number of carbonyl (C=O) groups is 3. The third-order valence-electron chi connectivity index (χ3n) is 8.27. The maximum absolute atomic E-state index is 12.3. The van der Waals surface area contributed by atoms with Crippen molar-refractivity contribution in [2.45, 2.75) is 58.0 Å². The first kappa shape index (κ1) is 18.1. The van der Waals surface area contributed by atoms with Crippen LogP contribution < -0.4 is 0 Å². The van der Waals surface area contributed by atoms with E-state index in [0.29, 0.717) is 19.3 Å². The summed E-state index contributed by atoms with van der Waals surface area (Å²) in [5.41, 5.74) is 0.140. The van der Waals surface area contributed by atoms with E-state index in [1.165, 1.54) is 0 Å². The summed E-state index contributed by atoms with van der Waals surface area (Å²) >= 11 is 0. The molecule has 7 atom stereocenters. The Labute approximate surface area is 153 Å². The molecule has 0 heterocycles. The normalized spacial score (nSPS) is 47.4. The molecule has 4 aliphatic rings. The van der Waals surface area contributed by atoms with Crippen molar-refractivity contribution >= 4 is 17.9 Å². The van der Waals surface area contributed by atoms with Crippen LogP contribution in [-0.4, -0.2) is 40.8 Å². The molecule has 5 unspecified atom stereocenters. The molecular weight excluding hydrogens is 332 g/mol. The number of fused-ring (bicyclic) bond motifs is 5. The Morgan fingerprint density at radius 1 is 1.31 bits per heavy atom. The van der Waals surface area contributed by atoms with Gasteiger partial charge in [-0.2, -0.15) is 0 Å². The second-order valence-corrected chi connectivity index (χ2v) is 9.14. The fourth-order valence-corrected chi connectivity index (χ4v) is 7.18. The number of hydrogen-bond donors (Lipinski definition) is 2. The summed E-state index contributed by atoms with van der Waals surface area (Å²) < 4.78 is 0. The lowest BCUT2D eigenvalue weighted by Gasteiger charge is -2.59. The molecule has 5 heteroatoms. The van der Waals surface area contributed by atoms with E-state index in [1.54, 1.807) is 6.08 Å². The zero-order valence-corrected chi connectivity index (χ0v) is 15.3. The highest BCUT2D eigenvalue weighted by atomic mass is 16.3. The molecule has 0 aliphatic heterocycles. The highest BCUT2D eigenvalue weighted by Gasteiger charge is 2.64. The molecule has 0 amide bonds.